The first-order valence-corrected chi connectivity index (χ1v) is 17.1. The van der Waals surface area contributed by atoms with E-state index in [1.165, 1.54) is 0 Å². The molecule has 0 spiro atoms. The normalized spacial score (nSPS) is 27.7. The van der Waals surface area contributed by atoms with Crippen molar-refractivity contribution in [3.05, 3.63) is 10.1 Å². The molecule has 3 saturated carbocycles. The fraction of sp³-hybridized carbons (Fsp3) is 0.906. The molecule has 1 amide bonds. The molecule has 0 radical (unpaired) electrons. The Morgan fingerprint density at radius 2 is 1.86 bits per heavy atom. The molecule has 4 fully saturated rings. The van der Waals surface area contributed by atoms with Gasteiger partial charge in [-0.05, 0) is 74.5 Å². The summed E-state index contributed by atoms with van der Waals surface area (Å²) in [5.41, 5.74) is 7.24. The molecule has 2 bridgehead atoms. The van der Waals surface area contributed by atoms with E-state index >= 15 is 0 Å². The molecule has 12 heteroatoms. The van der Waals surface area contributed by atoms with Crippen molar-refractivity contribution in [2.24, 2.45) is 45.7 Å². The van der Waals surface area contributed by atoms with Gasteiger partial charge in [-0.3, -0.25) is 9.59 Å². The van der Waals surface area contributed by atoms with E-state index in [1.807, 2.05) is 5.43 Å². The number of ketones is 1. The van der Waals surface area contributed by atoms with E-state index in [2.05, 4.69) is 58.8 Å². The van der Waals surface area contributed by atoms with Gasteiger partial charge in [0.25, 0.3) is 5.96 Å². The maximum atomic E-state index is 13.9. The highest BCUT2D eigenvalue weighted by Gasteiger charge is 2.68. The molecule has 0 aromatic heterocycles. The van der Waals surface area contributed by atoms with Gasteiger partial charge in [0.1, 0.15) is 5.78 Å². The number of guanidine groups is 1. The van der Waals surface area contributed by atoms with E-state index in [-0.39, 0.29) is 53.7 Å². The van der Waals surface area contributed by atoms with Crippen LogP contribution < -0.4 is 16.5 Å². The van der Waals surface area contributed by atoms with Crippen LogP contribution in [-0.4, -0.2) is 54.0 Å². The van der Waals surface area contributed by atoms with Gasteiger partial charge < -0.3 is 20.4 Å². The predicted molar refractivity (Wildman–Crippen MR) is 173 cm³/mol. The molecule has 4 N–H and O–H groups in total. The zero-order valence-electron chi connectivity index (χ0n) is 28.2. The van der Waals surface area contributed by atoms with Gasteiger partial charge in [-0.2, -0.15) is 0 Å². The summed E-state index contributed by atoms with van der Waals surface area (Å²) < 4.78 is 13.3. The Kier molecular flexibility index (Phi) is 13.1. The van der Waals surface area contributed by atoms with Crippen LogP contribution in [0.25, 0.3) is 0 Å². The standard InChI is InChI=1S/C32H58BN5O6/c1-8-10-12-22(9-2)14-15-25(39)18-23(13-11-16-35-30(34)37-38(41)42)29(40)36-28(17-21(3)4)33-43-27-20-24-19-26(31(24,5)6)32(27,7)44-33/h21-24,26-28H,8-20H2,1-7H3,(H,36,40)(H3,34,35,37)/t22?,23-,24+,26+,27-,28+,32+/m1/s1. The van der Waals surface area contributed by atoms with Crippen molar-refractivity contribution in [3.63, 3.8) is 0 Å². The minimum absolute atomic E-state index is 0.0172. The molecule has 1 aliphatic heterocycles. The van der Waals surface area contributed by atoms with Crippen LogP contribution in [0, 0.1) is 45.1 Å². The van der Waals surface area contributed by atoms with Crippen molar-refractivity contribution in [2.75, 3.05) is 6.54 Å². The lowest BCUT2D eigenvalue weighted by molar-refractivity contribution is -0.525. The van der Waals surface area contributed by atoms with Crippen molar-refractivity contribution in [2.45, 2.75) is 143 Å². The summed E-state index contributed by atoms with van der Waals surface area (Å²) in [5, 5.41) is 13.1. The van der Waals surface area contributed by atoms with Crippen molar-refractivity contribution in [3.8, 4) is 0 Å². The van der Waals surface area contributed by atoms with E-state index in [0.717, 1.165) is 44.9 Å². The highest BCUT2D eigenvalue weighted by molar-refractivity contribution is 6.47. The third kappa shape index (κ3) is 9.18. The number of unbranched alkanes of at least 4 members (excludes halogenated alkanes) is 1. The molecule has 3 aliphatic carbocycles. The summed E-state index contributed by atoms with van der Waals surface area (Å²) in [6.45, 7) is 15.6. The highest BCUT2D eigenvalue weighted by Crippen LogP contribution is 2.65. The van der Waals surface area contributed by atoms with Gasteiger partial charge in [-0.25, -0.2) is 15.1 Å². The molecule has 250 valence electrons. The number of amides is 1. The predicted octanol–water partition coefficient (Wildman–Crippen LogP) is 5.23. The monoisotopic (exact) mass is 619 g/mol. The van der Waals surface area contributed by atoms with Gasteiger partial charge in [0.2, 0.25) is 5.91 Å². The first-order chi connectivity index (χ1) is 20.7. The SMILES string of the molecule is CCCCC(CC)CCC(=O)C[C@@H](CCCN=C(N)N[N+](=O)[O-])C(=O)N[C@@H](CC(C)C)B1O[C@@H]2C[C@@H]3C[C@@H](C3(C)C)[C@]2(C)O1. The summed E-state index contributed by atoms with van der Waals surface area (Å²) >= 11 is 0. The first-order valence-electron chi connectivity index (χ1n) is 17.1. The zero-order valence-corrected chi connectivity index (χ0v) is 28.2. The van der Waals surface area contributed by atoms with E-state index in [1.54, 1.807) is 0 Å². The Morgan fingerprint density at radius 3 is 2.48 bits per heavy atom. The maximum absolute atomic E-state index is 13.9. The topological polar surface area (TPSA) is 158 Å². The minimum atomic E-state index is -0.763. The Balaban J connectivity index is 1.68. The molecule has 0 aromatic rings. The van der Waals surface area contributed by atoms with E-state index in [0.29, 0.717) is 49.4 Å². The molecule has 1 saturated heterocycles. The second-order valence-electron chi connectivity index (χ2n) is 14.8. The summed E-state index contributed by atoms with van der Waals surface area (Å²) in [4.78, 5) is 41.7. The molecule has 1 heterocycles. The van der Waals surface area contributed by atoms with Crippen molar-refractivity contribution < 1.29 is 23.9 Å². The number of rotatable bonds is 19. The summed E-state index contributed by atoms with van der Waals surface area (Å²) in [7, 11) is -0.538. The number of aliphatic imine (C=N–C) groups is 1. The maximum Gasteiger partial charge on any atom is 0.481 e. The Labute approximate surface area is 264 Å². The van der Waals surface area contributed by atoms with Gasteiger partial charge >= 0.3 is 7.12 Å². The fourth-order valence-corrected chi connectivity index (χ4v) is 7.90. The van der Waals surface area contributed by atoms with Crippen molar-refractivity contribution in [1.29, 1.82) is 0 Å². The van der Waals surface area contributed by atoms with E-state index < -0.39 is 18.1 Å². The number of Topliss-reactive ketones (excluding diaryl/α,β-unsaturated/α-hetero) is 1. The average molecular weight is 620 g/mol. The van der Waals surface area contributed by atoms with Crippen LogP contribution >= 0.6 is 0 Å². The molecule has 4 rings (SSSR count). The number of hydrazine groups is 1. The number of nitrogens with zero attached hydrogens (tertiary/aromatic N) is 2. The lowest BCUT2D eigenvalue weighted by Crippen LogP contribution is -2.65. The molecular formula is C32H58BN5O6. The molecular weight excluding hydrogens is 561 g/mol. The number of carbonyl (C=O) groups is 2. The molecule has 0 aromatic carbocycles. The Hall–Kier alpha value is -2.21. The molecule has 4 aliphatic rings. The van der Waals surface area contributed by atoms with E-state index in [9.17, 15) is 19.7 Å². The Morgan fingerprint density at radius 1 is 1.14 bits per heavy atom. The van der Waals surface area contributed by atoms with Crippen LogP contribution in [-0.2, 0) is 18.9 Å². The lowest BCUT2D eigenvalue weighted by atomic mass is 9.43. The second-order valence-corrected chi connectivity index (χ2v) is 14.8. The number of nitrogens with two attached hydrogens (primary N) is 1. The second kappa shape index (κ2) is 15.9. The zero-order chi connectivity index (χ0) is 32.7. The van der Waals surface area contributed by atoms with Gasteiger partial charge in [0.15, 0.2) is 5.03 Å². The first kappa shape index (κ1) is 36.3. The number of nitro groups is 1. The molecule has 7 atom stereocenters. The summed E-state index contributed by atoms with van der Waals surface area (Å²) in [6.07, 6.45) is 9.65. The number of carbonyl (C=O) groups excluding carboxylic acids is 2. The molecule has 1 unspecified atom stereocenters. The van der Waals surface area contributed by atoms with Gasteiger partial charge in [0.05, 0.1) is 17.6 Å². The lowest BCUT2D eigenvalue weighted by Gasteiger charge is -2.64. The Bertz CT molecular complexity index is 1030. The number of nitrogens with one attached hydrogen (secondary N) is 2. The third-order valence-corrected chi connectivity index (χ3v) is 10.8. The number of hydrogen-bond acceptors (Lipinski definition) is 7. The number of hydrogen-bond donors (Lipinski definition) is 3. The van der Waals surface area contributed by atoms with Crippen LogP contribution in [0.1, 0.15) is 126 Å². The largest absolute Gasteiger partial charge is 0.481 e. The molecule has 11 nitrogen and oxygen atoms in total. The molecule has 44 heavy (non-hydrogen) atoms. The third-order valence-electron chi connectivity index (χ3n) is 10.8. The van der Waals surface area contributed by atoms with E-state index in [4.69, 9.17) is 15.0 Å². The average Bonchev–Trinajstić information content (AvgIpc) is 3.31. The van der Waals surface area contributed by atoms with Gasteiger partial charge in [-0.15, -0.1) is 0 Å². The van der Waals surface area contributed by atoms with Crippen LogP contribution in [0.15, 0.2) is 4.99 Å². The summed E-state index contributed by atoms with van der Waals surface area (Å²) in [6, 6.07) is 0. The minimum Gasteiger partial charge on any atom is -0.404 e. The summed E-state index contributed by atoms with van der Waals surface area (Å²) in [5.74, 6) is 0.622. The fourth-order valence-electron chi connectivity index (χ4n) is 7.90. The van der Waals surface area contributed by atoms with Crippen molar-refractivity contribution in [1.82, 2.24) is 10.7 Å². The smallest absolute Gasteiger partial charge is 0.404 e. The quantitative estimate of drug-likeness (QED) is 0.0443. The van der Waals surface area contributed by atoms with Crippen LogP contribution in [0.5, 0.6) is 0 Å². The van der Waals surface area contributed by atoms with Crippen LogP contribution in [0.3, 0.4) is 0 Å². The van der Waals surface area contributed by atoms with Gasteiger partial charge in [-0.1, -0.05) is 72.7 Å². The van der Waals surface area contributed by atoms with Crippen molar-refractivity contribution >= 4 is 24.8 Å². The van der Waals surface area contributed by atoms with Crippen LogP contribution in [0.2, 0.25) is 0 Å². The van der Waals surface area contributed by atoms with Gasteiger partial charge in [0, 0.05) is 25.3 Å². The highest BCUT2D eigenvalue weighted by atomic mass is 16.7. The van der Waals surface area contributed by atoms with Crippen LogP contribution in [0.4, 0.5) is 0 Å².